The van der Waals surface area contributed by atoms with Crippen LogP contribution >= 0.6 is 0 Å². The molecule has 2 rings (SSSR count). The summed E-state index contributed by atoms with van der Waals surface area (Å²) in [6.45, 7) is 2.48. The highest BCUT2D eigenvalue weighted by Crippen LogP contribution is 2.24. The molecule has 1 saturated heterocycles. The number of hydrogen-bond donors (Lipinski definition) is 1. The van der Waals surface area contributed by atoms with E-state index in [1.807, 2.05) is 6.07 Å². The number of piperidine rings is 1. The Morgan fingerprint density at radius 3 is 3.05 bits per heavy atom. The lowest BCUT2D eigenvalue weighted by atomic mass is 10.0. The zero-order valence-corrected chi connectivity index (χ0v) is 10.5. The summed E-state index contributed by atoms with van der Waals surface area (Å²) < 4.78 is 5.62. The summed E-state index contributed by atoms with van der Waals surface area (Å²) in [4.78, 5) is 10.1. The van der Waals surface area contributed by atoms with E-state index in [2.05, 4.69) is 5.32 Å². The van der Waals surface area contributed by atoms with Gasteiger partial charge in [0.2, 0.25) is 0 Å². The Hall–Kier alpha value is -2.13. The molecule has 6 nitrogen and oxygen atoms in total. The van der Waals surface area contributed by atoms with Crippen molar-refractivity contribution in [1.29, 1.82) is 5.26 Å². The van der Waals surface area contributed by atoms with Gasteiger partial charge in [0.25, 0.3) is 5.69 Å². The predicted molar refractivity (Wildman–Crippen MR) is 68.9 cm³/mol. The highest BCUT2D eigenvalue weighted by molar-refractivity contribution is 5.50. The Kier molecular flexibility index (Phi) is 4.31. The lowest BCUT2D eigenvalue weighted by molar-refractivity contribution is -0.384. The van der Waals surface area contributed by atoms with Gasteiger partial charge in [-0.15, -0.1) is 0 Å². The third kappa shape index (κ3) is 3.42. The van der Waals surface area contributed by atoms with E-state index in [0.717, 1.165) is 25.9 Å². The number of hydrogen-bond acceptors (Lipinski definition) is 5. The number of non-ortho nitro benzene ring substituents is 1. The molecular weight excluding hydrogens is 246 g/mol. The first-order valence-electron chi connectivity index (χ1n) is 6.23. The van der Waals surface area contributed by atoms with Crippen LogP contribution in [-0.4, -0.2) is 24.6 Å². The van der Waals surface area contributed by atoms with E-state index in [1.165, 1.54) is 18.2 Å². The normalized spacial score (nSPS) is 18.6. The van der Waals surface area contributed by atoms with Crippen molar-refractivity contribution in [3.63, 3.8) is 0 Å². The molecule has 0 aromatic heterocycles. The van der Waals surface area contributed by atoms with Gasteiger partial charge in [0, 0.05) is 24.6 Å². The molecule has 0 saturated carbocycles. The first-order chi connectivity index (χ1) is 9.20. The number of nitrogens with one attached hydrogen (secondary N) is 1. The predicted octanol–water partition coefficient (Wildman–Crippen LogP) is 1.84. The Bertz CT molecular complexity index is 504. The van der Waals surface area contributed by atoms with Crippen LogP contribution in [0.4, 0.5) is 5.69 Å². The number of ether oxygens (including phenoxy) is 1. The second-order valence-corrected chi connectivity index (χ2v) is 4.57. The fraction of sp³-hybridized carbons (Fsp3) is 0.462. The summed E-state index contributed by atoms with van der Waals surface area (Å²) in [5.74, 6) is 0.842. The Morgan fingerprint density at radius 1 is 1.58 bits per heavy atom. The molecule has 0 bridgehead atoms. The molecule has 1 aromatic carbocycles. The van der Waals surface area contributed by atoms with Gasteiger partial charge in [-0.25, -0.2) is 0 Å². The number of nitriles is 1. The van der Waals surface area contributed by atoms with Gasteiger partial charge in [0.15, 0.2) is 0 Å². The van der Waals surface area contributed by atoms with Crippen molar-refractivity contribution in [3.8, 4) is 11.8 Å². The van der Waals surface area contributed by atoms with Gasteiger partial charge in [0.05, 0.1) is 11.5 Å². The van der Waals surface area contributed by atoms with E-state index in [1.54, 1.807) is 0 Å². The van der Waals surface area contributed by atoms with Gasteiger partial charge in [0.1, 0.15) is 17.4 Å². The molecular formula is C13H15N3O3. The van der Waals surface area contributed by atoms with Crippen molar-refractivity contribution < 1.29 is 9.66 Å². The minimum absolute atomic E-state index is 0.0942. The van der Waals surface area contributed by atoms with E-state index in [-0.39, 0.29) is 11.3 Å². The van der Waals surface area contributed by atoms with Crippen molar-refractivity contribution >= 4 is 5.69 Å². The average Bonchev–Trinajstić information content (AvgIpc) is 2.45. The van der Waals surface area contributed by atoms with Gasteiger partial charge in [-0.05, 0) is 25.5 Å². The first-order valence-corrected chi connectivity index (χ1v) is 6.23. The largest absolute Gasteiger partial charge is 0.492 e. The minimum atomic E-state index is -0.518. The quantitative estimate of drug-likeness (QED) is 0.660. The van der Waals surface area contributed by atoms with Gasteiger partial charge in [-0.2, -0.15) is 5.26 Å². The number of rotatable bonds is 4. The van der Waals surface area contributed by atoms with Gasteiger partial charge < -0.3 is 10.1 Å². The molecule has 1 unspecified atom stereocenters. The smallest absolute Gasteiger partial charge is 0.271 e. The van der Waals surface area contributed by atoms with E-state index in [9.17, 15) is 10.1 Å². The van der Waals surface area contributed by atoms with Crippen LogP contribution in [0.1, 0.15) is 18.4 Å². The van der Waals surface area contributed by atoms with Crippen LogP contribution in [0.3, 0.4) is 0 Å². The fourth-order valence-corrected chi connectivity index (χ4v) is 2.12. The van der Waals surface area contributed by atoms with E-state index in [0.29, 0.717) is 18.3 Å². The maximum absolute atomic E-state index is 10.6. The maximum Gasteiger partial charge on any atom is 0.271 e. The summed E-state index contributed by atoms with van der Waals surface area (Å²) in [6, 6.07) is 6.03. The molecule has 1 aromatic rings. The van der Waals surface area contributed by atoms with Crippen LogP contribution < -0.4 is 10.1 Å². The summed E-state index contributed by atoms with van der Waals surface area (Å²) in [5, 5.41) is 22.9. The lowest BCUT2D eigenvalue weighted by Crippen LogP contribution is -2.33. The van der Waals surface area contributed by atoms with Crippen LogP contribution in [0.5, 0.6) is 5.75 Å². The Balaban J connectivity index is 2.03. The SMILES string of the molecule is N#Cc1cc([N+](=O)[O-])ccc1OCC1CCCNC1. The van der Waals surface area contributed by atoms with E-state index in [4.69, 9.17) is 10.00 Å². The second kappa shape index (κ2) is 6.16. The molecule has 1 aliphatic heterocycles. The number of nitro benzene ring substituents is 1. The van der Waals surface area contributed by atoms with Gasteiger partial charge in [-0.1, -0.05) is 0 Å². The molecule has 0 amide bonds. The molecule has 1 heterocycles. The number of nitro groups is 1. The summed E-state index contributed by atoms with van der Waals surface area (Å²) in [5.41, 5.74) is 0.112. The molecule has 0 radical (unpaired) electrons. The standard InChI is InChI=1S/C13H15N3O3/c14-7-11-6-12(16(17)18)3-4-13(11)19-9-10-2-1-5-15-8-10/h3-4,6,10,15H,1-2,5,8-9H2. The number of nitrogens with zero attached hydrogens (tertiary/aromatic N) is 2. The van der Waals surface area contributed by atoms with Gasteiger partial charge in [-0.3, -0.25) is 10.1 Å². The third-order valence-electron chi connectivity index (χ3n) is 3.17. The molecule has 1 atom stereocenters. The van der Waals surface area contributed by atoms with Crippen LogP contribution in [0.15, 0.2) is 18.2 Å². The van der Waals surface area contributed by atoms with Crippen LogP contribution in [0, 0.1) is 27.4 Å². The Labute approximate surface area is 111 Å². The molecule has 1 N–H and O–H groups in total. The topological polar surface area (TPSA) is 88.2 Å². The van der Waals surface area contributed by atoms with Crippen LogP contribution in [0.25, 0.3) is 0 Å². The molecule has 100 valence electrons. The lowest BCUT2D eigenvalue weighted by Gasteiger charge is -2.22. The fourth-order valence-electron chi connectivity index (χ4n) is 2.12. The average molecular weight is 261 g/mol. The van der Waals surface area contributed by atoms with Crippen LogP contribution in [0.2, 0.25) is 0 Å². The third-order valence-corrected chi connectivity index (χ3v) is 3.17. The summed E-state index contributed by atoms with van der Waals surface area (Å²) in [6.07, 6.45) is 2.22. The molecule has 19 heavy (non-hydrogen) atoms. The molecule has 0 spiro atoms. The zero-order valence-electron chi connectivity index (χ0n) is 10.5. The van der Waals surface area contributed by atoms with Crippen molar-refractivity contribution in [2.45, 2.75) is 12.8 Å². The van der Waals surface area contributed by atoms with E-state index >= 15 is 0 Å². The second-order valence-electron chi connectivity index (χ2n) is 4.57. The van der Waals surface area contributed by atoms with Crippen molar-refractivity contribution in [2.24, 2.45) is 5.92 Å². The monoisotopic (exact) mass is 261 g/mol. The minimum Gasteiger partial charge on any atom is -0.492 e. The van der Waals surface area contributed by atoms with Crippen molar-refractivity contribution in [3.05, 3.63) is 33.9 Å². The maximum atomic E-state index is 10.6. The zero-order chi connectivity index (χ0) is 13.7. The van der Waals surface area contributed by atoms with E-state index < -0.39 is 4.92 Å². The molecule has 1 aliphatic rings. The molecule has 1 fully saturated rings. The van der Waals surface area contributed by atoms with Crippen molar-refractivity contribution in [2.75, 3.05) is 19.7 Å². The summed E-state index contributed by atoms with van der Waals surface area (Å²) in [7, 11) is 0. The summed E-state index contributed by atoms with van der Waals surface area (Å²) >= 11 is 0. The Morgan fingerprint density at radius 2 is 2.42 bits per heavy atom. The highest BCUT2D eigenvalue weighted by Gasteiger charge is 2.16. The molecule has 6 heteroatoms. The van der Waals surface area contributed by atoms with Gasteiger partial charge >= 0.3 is 0 Å². The van der Waals surface area contributed by atoms with Crippen LogP contribution in [-0.2, 0) is 0 Å². The first kappa shape index (κ1) is 13.3. The number of benzene rings is 1. The molecule has 0 aliphatic carbocycles. The van der Waals surface area contributed by atoms with Crippen molar-refractivity contribution in [1.82, 2.24) is 5.32 Å². The highest BCUT2D eigenvalue weighted by atomic mass is 16.6.